The zero-order valence-corrected chi connectivity index (χ0v) is 24.5. The average Bonchev–Trinajstić information content (AvgIpc) is 3.53. The first-order valence-electron chi connectivity index (χ1n) is 14.0. The largest absolute Gasteiger partial charge is 0.457 e. The predicted molar refractivity (Wildman–Crippen MR) is 169 cm³/mol. The van der Waals surface area contributed by atoms with Crippen molar-refractivity contribution in [3.8, 4) is 11.3 Å². The molecule has 0 spiro atoms. The molecule has 236 valence electrons. The molecule has 4 aromatic carbocycles. The Labute approximate surface area is 265 Å². The molecule has 5 aromatic rings. The zero-order valence-electron chi connectivity index (χ0n) is 24.5. The SMILES string of the molecule is CC(=O)N(c1ccc(C(F)(F)F)cc1)c1ccc(NC(=O)C=Cc2ccc(-c3ccc([N+](=O)[O-])cc3)o2)cc1C(=O)c1ccccc1. The quantitative estimate of drug-likeness (QED) is 0.0747. The molecule has 2 amide bonds. The lowest BCUT2D eigenvalue weighted by molar-refractivity contribution is -0.384. The number of furan rings is 1. The van der Waals surface area contributed by atoms with Crippen molar-refractivity contribution in [1.29, 1.82) is 0 Å². The second-order valence-electron chi connectivity index (χ2n) is 10.2. The Bertz CT molecular complexity index is 1980. The summed E-state index contributed by atoms with van der Waals surface area (Å²) in [5.41, 5.74) is 0.381. The highest BCUT2D eigenvalue weighted by atomic mass is 19.4. The van der Waals surface area contributed by atoms with Crippen molar-refractivity contribution >= 4 is 46.4 Å². The number of nitro benzene ring substituents is 1. The maximum absolute atomic E-state index is 13.7. The van der Waals surface area contributed by atoms with Gasteiger partial charge in [0.25, 0.3) is 5.69 Å². The Hall–Kier alpha value is -6.30. The molecule has 12 heteroatoms. The zero-order chi connectivity index (χ0) is 33.7. The number of hydrogen-bond acceptors (Lipinski definition) is 6. The van der Waals surface area contributed by atoms with Gasteiger partial charge in [-0.2, -0.15) is 13.2 Å². The van der Waals surface area contributed by atoms with Crippen LogP contribution in [0.5, 0.6) is 0 Å². The fourth-order valence-electron chi connectivity index (χ4n) is 4.71. The summed E-state index contributed by atoms with van der Waals surface area (Å²) in [6.45, 7) is 1.22. The summed E-state index contributed by atoms with van der Waals surface area (Å²) in [7, 11) is 0. The molecule has 0 aliphatic heterocycles. The highest BCUT2D eigenvalue weighted by molar-refractivity contribution is 6.16. The van der Waals surface area contributed by atoms with E-state index in [2.05, 4.69) is 5.32 Å². The summed E-state index contributed by atoms with van der Waals surface area (Å²) in [6, 6.07) is 25.5. The molecular formula is C35H24F3N3O6. The van der Waals surface area contributed by atoms with Gasteiger partial charge in [-0.15, -0.1) is 0 Å². The summed E-state index contributed by atoms with van der Waals surface area (Å²) >= 11 is 0. The summed E-state index contributed by atoms with van der Waals surface area (Å²) < 4.78 is 45.3. The Morgan fingerprint density at radius 1 is 0.872 bits per heavy atom. The minimum absolute atomic E-state index is 0.0202. The lowest BCUT2D eigenvalue weighted by Gasteiger charge is -2.25. The highest BCUT2D eigenvalue weighted by Crippen LogP contribution is 2.35. The van der Waals surface area contributed by atoms with Gasteiger partial charge < -0.3 is 9.73 Å². The van der Waals surface area contributed by atoms with Crippen LogP contribution in [0.25, 0.3) is 17.4 Å². The molecule has 5 rings (SSSR count). The molecule has 0 fully saturated rings. The predicted octanol–water partition coefficient (Wildman–Crippen LogP) is 8.44. The van der Waals surface area contributed by atoms with E-state index in [9.17, 15) is 37.7 Å². The van der Waals surface area contributed by atoms with Gasteiger partial charge in [0.2, 0.25) is 11.8 Å². The number of alkyl halides is 3. The van der Waals surface area contributed by atoms with Crippen molar-refractivity contribution < 1.29 is 36.9 Å². The fourth-order valence-corrected chi connectivity index (χ4v) is 4.71. The van der Waals surface area contributed by atoms with E-state index in [0.29, 0.717) is 17.1 Å². The fraction of sp³-hybridized carbons (Fsp3) is 0.0571. The van der Waals surface area contributed by atoms with E-state index < -0.39 is 34.3 Å². The Morgan fingerprint density at radius 3 is 2.17 bits per heavy atom. The van der Waals surface area contributed by atoms with Crippen molar-refractivity contribution in [3.63, 3.8) is 0 Å². The number of amides is 2. The van der Waals surface area contributed by atoms with E-state index in [1.807, 2.05) is 0 Å². The molecule has 9 nitrogen and oxygen atoms in total. The normalized spacial score (nSPS) is 11.3. The number of non-ortho nitro benzene ring substituents is 1. The summed E-state index contributed by atoms with van der Waals surface area (Å²) in [6.07, 6.45) is -1.96. The highest BCUT2D eigenvalue weighted by Gasteiger charge is 2.31. The van der Waals surface area contributed by atoms with Gasteiger partial charge in [-0.3, -0.25) is 29.4 Å². The van der Waals surface area contributed by atoms with Crippen LogP contribution in [0.2, 0.25) is 0 Å². The van der Waals surface area contributed by atoms with E-state index in [0.717, 1.165) is 29.2 Å². The molecule has 0 saturated carbocycles. The second kappa shape index (κ2) is 13.4. The molecule has 0 unspecified atom stereocenters. The molecule has 0 saturated heterocycles. The third kappa shape index (κ3) is 7.51. The third-order valence-corrected chi connectivity index (χ3v) is 6.94. The number of carbonyl (C=O) groups is 3. The molecular weight excluding hydrogens is 615 g/mol. The number of carbonyl (C=O) groups excluding carboxylic acids is 3. The van der Waals surface area contributed by atoms with Crippen LogP contribution in [0.1, 0.15) is 34.2 Å². The lowest BCUT2D eigenvalue weighted by atomic mass is 9.99. The standard InChI is InChI=1S/C35H24F3N3O6/c1-22(42)40(27-14-9-25(10-15-27)35(36,37)38)31-18-11-26(21-30(31)34(44)24-5-3-2-4-6-24)39-33(43)20-17-29-16-19-32(47-29)23-7-12-28(13-8-23)41(45)46/h2-21H,1H3,(H,39,43). The Morgan fingerprint density at radius 2 is 1.55 bits per heavy atom. The Balaban J connectivity index is 1.41. The molecule has 1 heterocycles. The first kappa shape index (κ1) is 32.1. The van der Waals surface area contributed by atoms with Crippen molar-refractivity contribution in [2.45, 2.75) is 13.1 Å². The van der Waals surface area contributed by atoms with Crippen LogP contribution in [0.15, 0.2) is 120 Å². The van der Waals surface area contributed by atoms with Gasteiger partial charge in [0, 0.05) is 53.2 Å². The van der Waals surface area contributed by atoms with Crippen LogP contribution in [0, 0.1) is 10.1 Å². The maximum Gasteiger partial charge on any atom is 0.416 e. The first-order valence-corrected chi connectivity index (χ1v) is 14.0. The molecule has 0 atom stereocenters. The molecule has 1 N–H and O–H groups in total. The smallest absolute Gasteiger partial charge is 0.416 e. The second-order valence-corrected chi connectivity index (χ2v) is 10.2. The minimum atomic E-state index is -4.57. The average molecular weight is 640 g/mol. The number of nitrogens with zero attached hydrogens (tertiary/aromatic N) is 2. The van der Waals surface area contributed by atoms with Crippen LogP contribution in [0.4, 0.5) is 35.9 Å². The van der Waals surface area contributed by atoms with Crippen LogP contribution >= 0.6 is 0 Å². The van der Waals surface area contributed by atoms with Crippen molar-refractivity contribution in [1.82, 2.24) is 0 Å². The minimum Gasteiger partial charge on any atom is -0.457 e. The van der Waals surface area contributed by atoms with Gasteiger partial charge in [0.1, 0.15) is 11.5 Å². The van der Waals surface area contributed by atoms with Gasteiger partial charge in [0.15, 0.2) is 5.78 Å². The topological polar surface area (TPSA) is 123 Å². The number of hydrogen-bond donors (Lipinski definition) is 1. The number of halogens is 3. The van der Waals surface area contributed by atoms with Crippen LogP contribution in [0.3, 0.4) is 0 Å². The van der Waals surface area contributed by atoms with Crippen molar-refractivity contribution in [2.75, 3.05) is 10.2 Å². The third-order valence-electron chi connectivity index (χ3n) is 6.94. The molecule has 0 bridgehead atoms. The van der Waals surface area contributed by atoms with E-state index in [1.165, 1.54) is 49.4 Å². The van der Waals surface area contributed by atoms with Crippen LogP contribution < -0.4 is 10.2 Å². The summed E-state index contributed by atoms with van der Waals surface area (Å²) in [5, 5.41) is 13.6. The van der Waals surface area contributed by atoms with Gasteiger partial charge in [-0.1, -0.05) is 30.3 Å². The number of nitrogens with one attached hydrogen (secondary N) is 1. The molecule has 1 aromatic heterocycles. The van der Waals surface area contributed by atoms with Crippen molar-refractivity contribution in [3.05, 3.63) is 148 Å². The van der Waals surface area contributed by atoms with Crippen molar-refractivity contribution in [2.24, 2.45) is 0 Å². The van der Waals surface area contributed by atoms with Crippen LogP contribution in [-0.2, 0) is 15.8 Å². The number of anilines is 3. The monoisotopic (exact) mass is 639 g/mol. The molecule has 0 aliphatic carbocycles. The van der Waals surface area contributed by atoms with E-state index in [-0.39, 0.29) is 33.9 Å². The van der Waals surface area contributed by atoms with Gasteiger partial charge >= 0.3 is 6.18 Å². The van der Waals surface area contributed by atoms with E-state index in [4.69, 9.17) is 4.42 Å². The lowest BCUT2D eigenvalue weighted by Crippen LogP contribution is -2.25. The number of rotatable bonds is 9. The maximum atomic E-state index is 13.7. The van der Waals surface area contributed by atoms with E-state index >= 15 is 0 Å². The van der Waals surface area contributed by atoms with Gasteiger partial charge in [0.05, 0.1) is 16.2 Å². The van der Waals surface area contributed by atoms with Gasteiger partial charge in [-0.05, 0) is 72.8 Å². The number of ketones is 1. The summed E-state index contributed by atoms with van der Waals surface area (Å²) in [4.78, 5) is 50.8. The molecule has 47 heavy (non-hydrogen) atoms. The number of benzene rings is 4. The molecule has 0 radical (unpaired) electrons. The summed E-state index contributed by atoms with van der Waals surface area (Å²) in [5.74, 6) is -0.853. The first-order chi connectivity index (χ1) is 22.4. The van der Waals surface area contributed by atoms with Gasteiger partial charge in [-0.25, -0.2) is 0 Å². The number of nitro groups is 1. The molecule has 0 aliphatic rings. The van der Waals surface area contributed by atoms with E-state index in [1.54, 1.807) is 54.6 Å². The Kier molecular flexibility index (Phi) is 9.13. The van der Waals surface area contributed by atoms with Crippen LogP contribution in [-0.4, -0.2) is 22.5 Å².